The Morgan fingerprint density at radius 3 is 2.35 bits per heavy atom. The third kappa shape index (κ3) is 8.91. The van der Waals surface area contributed by atoms with Crippen LogP contribution in [-0.4, -0.2) is 31.9 Å². The minimum Gasteiger partial charge on any atom is -0.377 e. The molecule has 0 radical (unpaired) electrons. The first-order chi connectivity index (χ1) is 12.3. The van der Waals surface area contributed by atoms with Crippen molar-refractivity contribution in [2.24, 2.45) is 4.99 Å². The van der Waals surface area contributed by atoms with Crippen LogP contribution in [0.4, 0.5) is 0 Å². The first kappa shape index (κ1) is 22.8. The standard InChI is InChI=1S/C20H27N3OS.HI/c1-3-24-16-18-11-9-17(10-12-18)15-23-20(21-2)22-13-14-25-19-7-5-4-6-8-19;/h4-12H,3,13-16H2,1-2H3,(H2,21,22,23);1H. The molecule has 0 aliphatic rings. The van der Waals surface area contributed by atoms with E-state index in [0.717, 1.165) is 31.4 Å². The van der Waals surface area contributed by atoms with Crippen LogP contribution in [0.15, 0.2) is 64.5 Å². The van der Waals surface area contributed by atoms with E-state index in [9.17, 15) is 0 Å². The van der Waals surface area contributed by atoms with Crippen LogP contribution >= 0.6 is 35.7 Å². The smallest absolute Gasteiger partial charge is 0.191 e. The molecule has 0 fully saturated rings. The fourth-order valence-electron chi connectivity index (χ4n) is 2.23. The number of nitrogens with zero attached hydrogens (tertiary/aromatic N) is 1. The molecule has 0 aliphatic heterocycles. The molecule has 0 saturated carbocycles. The number of ether oxygens (including phenoxy) is 1. The highest BCUT2D eigenvalue weighted by Gasteiger charge is 2.00. The zero-order chi connectivity index (χ0) is 17.7. The van der Waals surface area contributed by atoms with Crippen molar-refractivity contribution >= 4 is 41.7 Å². The van der Waals surface area contributed by atoms with Crippen LogP contribution in [0.2, 0.25) is 0 Å². The molecule has 0 unspecified atom stereocenters. The van der Waals surface area contributed by atoms with Gasteiger partial charge in [0.05, 0.1) is 6.61 Å². The minimum atomic E-state index is 0. The summed E-state index contributed by atoms with van der Waals surface area (Å²) in [4.78, 5) is 5.56. The normalized spacial score (nSPS) is 10.9. The van der Waals surface area contributed by atoms with Crippen LogP contribution in [0.25, 0.3) is 0 Å². The van der Waals surface area contributed by atoms with Crippen LogP contribution in [0.1, 0.15) is 18.1 Å². The van der Waals surface area contributed by atoms with E-state index in [2.05, 4.69) is 64.2 Å². The van der Waals surface area contributed by atoms with Crippen molar-refractivity contribution in [3.63, 3.8) is 0 Å². The predicted octanol–water partition coefficient (Wildman–Crippen LogP) is 4.30. The summed E-state index contributed by atoms with van der Waals surface area (Å²) >= 11 is 1.84. The van der Waals surface area contributed by atoms with Gasteiger partial charge in [0.15, 0.2) is 5.96 Å². The molecule has 0 aliphatic carbocycles. The van der Waals surface area contributed by atoms with E-state index < -0.39 is 0 Å². The molecule has 2 aromatic carbocycles. The summed E-state index contributed by atoms with van der Waals surface area (Å²) in [5.41, 5.74) is 2.42. The molecule has 0 spiro atoms. The number of thioether (sulfide) groups is 1. The average molecular weight is 485 g/mol. The van der Waals surface area contributed by atoms with Gasteiger partial charge in [0.2, 0.25) is 0 Å². The molecule has 26 heavy (non-hydrogen) atoms. The van der Waals surface area contributed by atoms with E-state index in [1.54, 1.807) is 7.05 Å². The molecule has 6 heteroatoms. The zero-order valence-electron chi connectivity index (χ0n) is 15.4. The van der Waals surface area contributed by atoms with Gasteiger partial charge in [0.25, 0.3) is 0 Å². The Balaban J connectivity index is 0.00000338. The molecule has 4 nitrogen and oxygen atoms in total. The van der Waals surface area contributed by atoms with Crippen LogP contribution < -0.4 is 10.6 Å². The maximum Gasteiger partial charge on any atom is 0.191 e. The molecular weight excluding hydrogens is 457 g/mol. The lowest BCUT2D eigenvalue weighted by atomic mass is 10.1. The van der Waals surface area contributed by atoms with E-state index in [-0.39, 0.29) is 24.0 Å². The second-order valence-electron chi connectivity index (χ2n) is 5.47. The third-order valence-electron chi connectivity index (χ3n) is 3.59. The number of halogens is 1. The lowest BCUT2D eigenvalue weighted by Gasteiger charge is -2.12. The van der Waals surface area contributed by atoms with Crippen molar-refractivity contribution in [3.8, 4) is 0 Å². The fourth-order valence-corrected chi connectivity index (χ4v) is 3.02. The van der Waals surface area contributed by atoms with Gasteiger partial charge in [-0.25, -0.2) is 0 Å². The first-order valence-corrected chi connectivity index (χ1v) is 9.58. The second kappa shape index (κ2) is 13.9. The summed E-state index contributed by atoms with van der Waals surface area (Å²) in [5, 5.41) is 6.69. The molecule has 0 aromatic heterocycles. The number of nitrogens with one attached hydrogen (secondary N) is 2. The molecule has 2 aromatic rings. The summed E-state index contributed by atoms with van der Waals surface area (Å²) in [5.74, 6) is 1.82. The molecule has 2 N–H and O–H groups in total. The lowest BCUT2D eigenvalue weighted by molar-refractivity contribution is 0.134. The molecular formula is C20H28IN3OS. The number of hydrogen-bond donors (Lipinski definition) is 2. The van der Waals surface area contributed by atoms with Crippen molar-refractivity contribution in [3.05, 3.63) is 65.7 Å². The number of benzene rings is 2. The Labute approximate surface area is 178 Å². The van der Waals surface area contributed by atoms with E-state index in [1.165, 1.54) is 16.0 Å². The molecule has 0 atom stereocenters. The van der Waals surface area contributed by atoms with Crippen molar-refractivity contribution < 1.29 is 4.74 Å². The van der Waals surface area contributed by atoms with Crippen molar-refractivity contribution in [2.75, 3.05) is 26.0 Å². The maximum atomic E-state index is 5.42. The van der Waals surface area contributed by atoms with E-state index in [0.29, 0.717) is 6.61 Å². The summed E-state index contributed by atoms with van der Waals surface area (Å²) < 4.78 is 5.42. The number of rotatable bonds is 9. The Morgan fingerprint density at radius 1 is 1.00 bits per heavy atom. The van der Waals surface area contributed by atoms with Crippen LogP contribution in [0, 0.1) is 0 Å². The Bertz CT molecular complexity index is 635. The van der Waals surface area contributed by atoms with Crippen molar-refractivity contribution in [2.45, 2.75) is 25.0 Å². The van der Waals surface area contributed by atoms with Crippen LogP contribution in [-0.2, 0) is 17.9 Å². The first-order valence-electron chi connectivity index (χ1n) is 8.59. The SMILES string of the molecule is CCOCc1ccc(CNC(=NC)NCCSc2ccccc2)cc1.I. The number of aliphatic imine (C=N–C) groups is 1. The summed E-state index contributed by atoms with van der Waals surface area (Å²) in [7, 11) is 1.80. The Morgan fingerprint density at radius 2 is 1.69 bits per heavy atom. The monoisotopic (exact) mass is 485 g/mol. The van der Waals surface area contributed by atoms with Gasteiger partial charge in [-0.05, 0) is 30.2 Å². The largest absolute Gasteiger partial charge is 0.377 e. The highest BCUT2D eigenvalue weighted by molar-refractivity contribution is 14.0. The van der Waals surface area contributed by atoms with E-state index >= 15 is 0 Å². The molecule has 0 amide bonds. The van der Waals surface area contributed by atoms with Gasteiger partial charge >= 0.3 is 0 Å². The molecule has 2 rings (SSSR count). The average Bonchev–Trinajstić information content (AvgIpc) is 2.67. The van der Waals surface area contributed by atoms with Crippen molar-refractivity contribution in [1.82, 2.24) is 10.6 Å². The second-order valence-corrected chi connectivity index (χ2v) is 6.64. The maximum absolute atomic E-state index is 5.42. The minimum absolute atomic E-state index is 0. The van der Waals surface area contributed by atoms with Crippen molar-refractivity contribution in [1.29, 1.82) is 0 Å². The van der Waals surface area contributed by atoms with Gasteiger partial charge in [-0.3, -0.25) is 4.99 Å². The number of guanidine groups is 1. The zero-order valence-corrected chi connectivity index (χ0v) is 18.6. The quantitative estimate of drug-likeness (QED) is 0.183. The van der Waals surface area contributed by atoms with Gasteiger partial charge in [0, 0.05) is 37.4 Å². The van der Waals surface area contributed by atoms with E-state index in [1.807, 2.05) is 24.8 Å². The van der Waals surface area contributed by atoms with Crippen LogP contribution in [0.3, 0.4) is 0 Å². The van der Waals surface area contributed by atoms with Crippen LogP contribution in [0.5, 0.6) is 0 Å². The molecule has 0 saturated heterocycles. The molecule has 142 valence electrons. The Kier molecular flexibility index (Phi) is 12.2. The number of hydrogen-bond acceptors (Lipinski definition) is 3. The summed E-state index contributed by atoms with van der Waals surface area (Å²) in [6.07, 6.45) is 0. The Hall–Kier alpha value is -1.25. The third-order valence-corrected chi connectivity index (χ3v) is 4.60. The highest BCUT2D eigenvalue weighted by atomic mass is 127. The topological polar surface area (TPSA) is 45.6 Å². The van der Waals surface area contributed by atoms with Gasteiger partial charge in [0.1, 0.15) is 0 Å². The predicted molar refractivity (Wildman–Crippen MR) is 123 cm³/mol. The molecule has 0 heterocycles. The van der Waals surface area contributed by atoms with Gasteiger partial charge in [-0.15, -0.1) is 35.7 Å². The van der Waals surface area contributed by atoms with Gasteiger partial charge in [-0.1, -0.05) is 42.5 Å². The lowest BCUT2D eigenvalue weighted by Crippen LogP contribution is -2.37. The fraction of sp³-hybridized carbons (Fsp3) is 0.350. The van der Waals surface area contributed by atoms with Gasteiger partial charge in [-0.2, -0.15) is 0 Å². The van der Waals surface area contributed by atoms with E-state index in [4.69, 9.17) is 4.74 Å². The summed E-state index contributed by atoms with van der Waals surface area (Å²) in [6, 6.07) is 18.9. The van der Waals surface area contributed by atoms with Gasteiger partial charge < -0.3 is 15.4 Å². The highest BCUT2D eigenvalue weighted by Crippen LogP contribution is 2.15. The summed E-state index contributed by atoms with van der Waals surface area (Å²) in [6.45, 7) is 5.04. The molecule has 0 bridgehead atoms.